The molecule has 3 aromatic rings. The largest absolute Gasteiger partial charge is 0.394 e. The second-order valence-corrected chi connectivity index (χ2v) is 7.95. The van der Waals surface area contributed by atoms with Crippen LogP contribution in [0.4, 0.5) is 0 Å². The number of nitrogens with zero attached hydrogens (tertiary/aromatic N) is 1. The molecule has 0 saturated heterocycles. The van der Waals surface area contributed by atoms with Gasteiger partial charge in [0.25, 0.3) is 5.91 Å². The highest BCUT2D eigenvalue weighted by atomic mass is 79.9. The maximum Gasteiger partial charge on any atom is 0.252 e. The van der Waals surface area contributed by atoms with E-state index >= 15 is 0 Å². The molecule has 3 N–H and O–H groups in total. The van der Waals surface area contributed by atoms with Crippen molar-refractivity contribution in [3.05, 3.63) is 88.2 Å². The summed E-state index contributed by atoms with van der Waals surface area (Å²) in [6.07, 6.45) is 9.74. The molecular weight excluding hydrogens is 454 g/mol. The highest BCUT2D eigenvalue weighted by Crippen LogP contribution is 2.25. The van der Waals surface area contributed by atoms with Crippen molar-refractivity contribution >= 4 is 32.7 Å². The van der Waals surface area contributed by atoms with Crippen molar-refractivity contribution in [3.63, 3.8) is 0 Å². The molecule has 154 valence electrons. The summed E-state index contributed by atoms with van der Waals surface area (Å²) in [5.41, 5.74) is 5.64. The fourth-order valence-electron chi connectivity index (χ4n) is 3.36. The maximum atomic E-state index is 12.6. The van der Waals surface area contributed by atoms with Gasteiger partial charge in [-0.2, -0.15) is 0 Å². The van der Waals surface area contributed by atoms with Gasteiger partial charge in [-0.1, -0.05) is 30.2 Å². The number of benzene rings is 2. The molecule has 5 nitrogen and oxygen atoms in total. The van der Waals surface area contributed by atoms with E-state index in [0.717, 1.165) is 16.5 Å². The Morgan fingerprint density at radius 1 is 1.19 bits per heavy atom. The van der Waals surface area contributed by atoms with Crippen molar-refractivity contribution in [1.29, 1.82) is 0 Å². The zero-order valence-electron chi connectivity index (χ0n) is 16.6. The van der Waals surface area contributed by atoms with Gasteiger partial charge in [0.05, 0.1) is 23.9 Å². The van der Waals surface area contributed by atoms with E-state index in [4.69, 9.17) is 6.42 Å². The first-order valence-electron chi connectivity index (χ1n) is 9.79. The van der Waals surface area contributed by atoms with Gasteiger partial charge in [-0.05, 0) is 58.2 Å². The number of para-hydroxylation sites is 1. The van der Waals surface area contributed by atoms with Gasteiger partial charge < -0.3 is 15.4 Å². The Bertz CT molecular complexity index is 1250. The van der Waals surface area contributed by atoms with E-state index in [2.05, 4.69) is 43.2 Å². The number of nitrogens with one attached hydrogen (secondary N) is 2. The number of carbonyl (C=O) groups excluding carboxylic acids is 1. The van der Waals surface area contributed by atoms with E-state index in [1.165, 1.54) is 11.3 Å². The molecule has 1 aliphatic heterocycles. The molecule has 0 fully saturated rings. The van der Waals surface area contributed by atoms with Crippen LogP contribution in [0.3, 0.4) is 0 Å². The topological polar surface area (TPSA) is 78.0 Å². The Morgan fingerprint density at radius 2 is 2.00 bits per heavy atom. The average Bonchev–Trinajstić information content (AvgIpc) is 3.19. The number of amides is 1. The molecule has 0 unspecified atom stereocenters. The van der Waals surface area contributed by atoms with Gasteiger partial charge in [0.2, 0.25) is 0 Å². The Hall–Kier alpha value is -3.40. The third-order valence-electron chi connectivity index (χ3n) is 5.15. The first kappa shape index (κ1) is 20.9. The average molecular weight is 474 g/mol. The van der Waals surface area contributed by atoms with Gasteiger partial charge >= 0.3 is 0 Å². The van der Waals surface area contributed by atoms with Gasteiger partial charge in [-0.15, -0.1) is 6.42 Å². The van der Waals surface area contributed by atoms with Crippen molar-refractivity contribution < 1.29 is 9.90 Å². The highest BCUT2D eigenvalue weighted by molar-refractivity contribution is 9.10. The monoisotopic (exact) mass is 473 g/mol. The number of aromatic amines is 1. The van der Waals surface area contributed by atoms with Crippen molar-refractivity contribution in [2.45, 2.75) is 12.5 Å². The number of aliphatic hydroxyl groups is 1. The van der Waals surface area contributed by atoms with Crippen LogP contribution in [0, 0.1) is 12.3 Å². The van der Waals surface area contributed by atoms with E-state index in [1.54, 1.807) is 18.2 Å². The summed E-state index contributed by atoms with van der Waals surface area (Å²) in [5.74, 6) is 2.26. The summed E-state index contributed by atoms with van der Waals surface area (Å²) in [5, 5.41) is 13.7. The number of rotatable bonds is 5. The predicted molar refractivity (Wildman–Crippen MR) is 126 cm³/mol. The number of pyridine rings is 1. The molecule has 6 heteroatoms. The second kappa shape index (κ2) is 9.17. The zero-order chi connectivity index (χ0) is 21.8. The van der Waals surface area contributed by atoms with Crippen molar-refractivity contribution in [3.8, 4) is 23.6 Å². The van der Waals surface area contributed by atoms with Crippen LogP contribution in [-0.2, 0) is 6.42 Å². The van der Waals surface area contributed by atoms with Gasteiger partial charge in [0, 0.05) is 38.9 Å². The molecule has 0 bridgehead atoms. The van der Waals surface area contributed by atoms with Crippen molar-refractivity contribution in [2.75, 3.05) is 6.61 Å². The predicted octanol–water partition coefficient (Wildman–Crippen LogP) is 4.31. The zero-order valence-corrected chi connectivity index (χ0v) is 18.2. The Morgan fingerprint density at radius 3 is 2.61 bits per heavy atom. The summed E-state index contributed by atoms with van der Waals surface area (Å²) in [4.78, 5) is 19.7. The first-order valence-corrected chi connectivity index (χ1v) is 10.6. The molecule has 5 rings (SSSR count). The molecule has 2 heterocycles. The smallest absolute Gasteiger partial charge is 0.252 e. The fraction of sp³-hybridized carbons (Fsp3) is 0.120. The van der Waals surface area contributed by atoms with Gasteiger partial charge in [0.15, 0.2) is 0 Å². The number of terminal acetylenes is 1. The lowest BCUT2D eigenvalue weighted by Crippen LogP contribution is -2.39. The number of aliphatic hydroxyl groups excluding tert-OH is 1. The van der Waals surface area contributed by atoms with E-state index in [-0.39, 0.29) is 12.5 Å². The van der Waals surface area contributed by atoms with Crippen LogP contribution in [-0.4, -0.2) is 33.6 Å². The number of aromatic nitrogens is 2. The van der Waals surface area contributed by atoms with Gasteiger partial charge in [-0.3, -0.25) is 9.78 Å². The standard InChI is InChI=1S/C20H17BrN2O2.C5H3N/c1-2-13-6-5-8-17(19(13)21)20(25)23-15(12-24)10-14-11-22-18-9-4-3-7-16(14)18;1-2-5-4(1)3-6-5/h1,3-9,11,15,22,24H,10,12H2,(H,23,25);1-3H/t15-;/m1./s1. The Labute approximate surface area is 188 Å². The first-order chi connectivity index (χ1) is 15.1. The lowest BCUT2D eigenvalue weighted by atomic mass is 10.0. The van der Waals surface area contributed by atoms with Crippen molar-refractivity contribution in [1.82, 2.24) is 15.3 Å². The minimum atomic E-state index is -0.395. The van der Waals surface area contributed by atoms with Crippen LogP contribution < -0.4 is 5.32 Å². The minimum Gasteiger partial charge on any atom is -0.394 e. The molecular formula is C25H20BrN3O2. The number of hydrogen-bond donors (Lipinski definition) is 3. The van der Waals surface area contributed by atoms with Crippen LogP contribution in [0.5, 0.6) is 0 Å². The van der Waals surface area contributed by atoms with Crippen LogP contribution in [0.25, 0.3) is 22.2 Å². The van der Waals surface area contributed by atoms with Crippen LogP contribution in [0.2, 0.25) is 0 Å². The molecule has 1 amide bonds. The summed E-state index contributed by atoms with van der Waals surface area (Å²) in [6.45, 7) is -0.155. The summed E-state index contributed by atoms with van der Waals surface area (Å²) in [6, 6.07) is 16.8. The van der Waals surface area contributed by atoms with E-state index in [0.29, 0.717) is 22.0 Å². The summed E-state index contributed by atoms with van der Waals surface area (Å²) in [7, 11) is 0. The van der Waals surface area contributed by atoms with Gasteiger partial charge in [0.1, 0.15) is 0 Å². The highest BCUT2D eigenvalue weighted by Gasteiger charge is 2.18. The van der Waals surface area contributed by atoms with Gasteiger partial charge in [-0.25, -0.2) is 0 Å². The minimum absolute atomic E-state index is 0.155. The van der Waals surface area contributed by atoms with Crippen LogP contribution >= 0.6 is 15.9 Å². The fourth-order valence-corrected chi connectivity index (χ4v) is 3.92. The van der Waals surface area contributed by atoms with E-state index in [1.807, 2.05) is 42.7 Å². The molecule has 31 heavy (non-hydrogen) atoms. The molecule has 0 spiro atoms. The second-order valence-electron chi connectivity index (χ2n) is 7.16. The number of H-pyrrole nitrogens is 1. The lowest BCUT2D eigenvalue weighted by molar-refractivity contribution is 0.0915. The van der Waals surface area contributed by atoms with Crippen molar-refractivity contribution in [2.24, 2.45) is 0 Å². The number of carbonyl (C=O) groups is 1. The summed E-state index contributed by atoms with van der Waals surface area (Å²) >= 11 is 3.38. The number of halogens is 1. The third-order valence-corrected chi connectivity index (χ3v) is 6.01. The van der Waals surface area contributed by atoms with Crippen LogP contribution in [0.15, 0.2) is 71.5 Å². The Balaban J connectivity index is 0.000000325. The van der Waals surface area contributed by atoms with E-state index < -0.39 is 6.04 Å². The quantitative estimate of drug-likeness (QED) is 0.333. The SMILES string of the molecule is C#Cc1cccc(C(=O)N[C@@H](CO)Cc2c[nH]c3ccccc23)c1Br.c1cc2ncc1-2. The molecule has 0 radical (unpaired) electrons. The van der Waals surface area contributed by atoms with Crippen LogP contribution in [0.1, 0.15) is 21.5 Å². The molecule has 1 atom stereocenters. The normalized spacial score (nSPS) is 11.8. The Kier molecular flexibility index (Phi) is 6.17. The third kappa shape index (κ3) is 4.38. The molecule has 2 aliphatic rings. The lowest BCUT2D eigenvalue weighted by Gasteiger charge is -2.17. The maximum absolute atomic E-state index is 12.6. The number of fused-ring (bicyclic) bond motifs is 2. The molecule has 1 aliphatic carbocycles. The molecule has 2 aromatic carbocycles. The van der Waals surface area contributed by atoms with E-state index in [9.17, 15) is 9.90 Å². The molecule has 0 saturated carbocycles. The summed E-state index contributed by atoms with van der Waals surface area (Å²) < 4.78 is 0.582. The molecule has 1 aromatic heterocycles. The number of hydrogen-bond acceptors (Lipinski definition) is 3.